The summed E-state index contributed by atoms with van der Waals surface area (Å²) in [5.74, 6) is 0.976. The van der Waals surface area contributed by atoms with Crippen molar-refractivity contribution in [3.63, 3.8) is 0 Å². The minimum atomic E-state index is 0.424. The van der Waals surface area contributed by atoms with E-state index in [2.05, 4.69) is 22.8 Å². The van der Waals surface area contributed by atoms with Crippen molar-refractivity contribution < 1.29 is 4.79 Å². The predicted octanol–water partition coefficient (Wildman–Crippen LogP) is 2.52. The number of nitrogens with zero attached hydrogens (tertiary/aromatic N) is 2. The smallest absolute Gasteiger partial charge is 0.132 e. The van der Waals surface area contributed by atoms with Gasteiger partial charge < -0.3 is 0 Å². The van der Waals surface area contributed by atoms with Gasteiger partial charge >= 0.3 is 0 Å². The quantitative estimate of drug-likeness (QED) is 0.761. The Kier molecular flexibility index (Phi) is 3.19. The molecule has 0 aromatic carbocycles. The topological polar surface area (TPSA) is 34.9 Å². The van der Waals surface area contributed by atoms with Crippen molar-refractivity contribution in [2.24, 2.45) is 0 Å². The summed E-state index contributed by atoms with van der Waals surface area (Å²) >= 11 is 0. The third kappa shape index (κ3) is 2.28. The molecule has 0 unspecified atom stereocenters. The Morgan fingerprint density at radius 2 is 2.20 bits per heavy atom. The highest BCUT2D eigenvalue weighted by molar-refractivity contribution is 5.79. The number of aryl methyl sites for hydroxylation is 1. The van der Waals surface area contributed by atoms with Gasteiger partial charge in [-0.15, -0.1) is 0 Å². The van der Waals surface area contributed by atoms with E-state index in [1.54, 1.807) is 0 Å². The molecule has 0 N–H and O–H groups in total. The van der Waals surface area contributed by atoms with E-state index >= 15 is 0 Å². The third-order valence-corrected chi connectivity index (χ3v) is 3.15. The van der Waals surface area contributed by atoms with Crippen LogP contribution in [0.5, 0.6) is 0 Å². The zero-order chi connectivity index (χ0) is 10.7. The Balaban J connectivity index is 2.08. The van der Waals surface area contributed by atoms with Crippen LogP contribution in [0.15, 0.2) is 12.3 Å². The monoisotopic (exact) mass is 206 g/mol. The third-order valence-electron chi connectivity index (χ3n) is 3.15. The van der Waals surface area contributed by atoms with Crippen LogP contribution in [0.25, 0.3) is 0 Å². The Hall–Kier alpha value is -1.12. The van der Waals surface area contributed by atoms with Gasteiger partial charge in [-0.2, -0.15) is 5.10 Å². The first-order chi connectivity index (χ1) is 7.31. The van der Waals surface area contributed by atoms with Crippen molar-refractivity contribution in [3.05, 3.63) is 18.0 Å². The number of carbonyl (C=O) groups excluding carboxylic acids is 1. The highest BCUT2D eigenvalue weighted by Crippen LogP contribution is 2.30. The first-order valence-electron chi connectivity index (χ1n) is 5.84. The van der Waals surface area contributed by atoms with Crippen molar-refractivity contribution in [3.8, 4) is 0 Å². The average molecular weight is 206 g/mol. The molecule has 1 saturated carbocycles. The lowest BCUT2D eigenvalue weighted by atomic mass is 9.86. The first kappa shape index (κ1) is 10.4. The molecule has 0 saturated heterocycles. The van der Waals surface area contributed by atoms with Crippen LogP contribution >= 0.6 is 0 Å². The second-order valence-electron chi connectivity index (χ2n) is 4.29. The molecule has 0 spiro atoms. The maximum atomic E-state index is 11.2. The van der Waals surface area contributed by atoms with Gasteiger partial charge in [0, 0.05) is 37.2 Å². The van der Waals surface area contributed by atoms with E-state index in [1.165, 1.54) is 5.69 Å². The highest BCUT2D eigenvalue weighted by atomic mass is 16.1. The van der Waals surface area contributed by atoms with Crippen molar-refractivity contribution in [2.75, 3.05) is 0 Å². The standard InChI is InChI=1S/C12H18N2O/c1-2-9-14-12(7-8-13-14)10-3-5-11(15)6-4-10/h7-8,10H,2-6,9H2,1H3. The molecule has 15 heavy (non-hydrogen) atoms. The summed E-state index contributed by atoms with van der Waals surface area (Å²) in [5, 5.41) is 4.33. The van der Waals surface area contributed by atoms with E-state index in [1.807, 2.05) is 6.20 Å². The zero-order valence-electron chi connectivity index (χ0n) is 9.28. The molecule has 3 heteroatoms. The van der Waals surface area contributed by atoms with Crippen LogP contribution in [0.3, 0.4) is 0 Å². The van der Waals surface area contributed by atoms with Crippen LogP contribution in [-0.2, 0) is 11.3 Å². The molecule has 0 atom stereocenters. The van der Waals surface area contributed by atoms with Gasteiger partial charge in [-0.1, -0.05) is 6.92 Å². The summed E-state index contributed by atoms with van der Waals surface area (Å²) < 4.78 is 2.10. The van der Waals surface area contributed by atoms with Gasteiger partial charge in [0.25, 0.3) is 0 Å². The molecule has 3 nitrogen and oxygen atoms in total. The highest BCUT2D eigenvalue weighted by Gasteiger charge is 2.22. The SMILES string of the molecule is CCCn1nccc1C1CCC(=O)CC1. The van der Waals surface area contributed by atoms with E-state index in [9.17, 15) is 4.79 Å². The van der Waals surface area contributed by atoms with Gasteiger partial charge in [0.2, 0.25) is 0 Å². The lowest BCUT2D eigenvalue weighted by Crippen LogP contribution is -2.16. The van der Waals surface area contributed by atoms with Gasteiger partial charge in [-0.25, -0.2) is 0 Å². The van der Waals surface area contributed by atoms with Crippen LogP contribution in [0.2, 0.25) is 0 Å². The van der Waals surface area contributed by atoms with Gasteiger partial charge in [0.05, 0.1) is 0 Å². The molecule has 0 radical (unpaired) electrons. The van der Waals surface area contributed by atoms with Crippen molar-refractivity contribution >= 4 is 5.78 Å². The predicted molar refractivity (Wildman–Crippen MR) is 58.7 cm³/mol. The molecule has 1 aliphatic rings. The van der Waals surface area contributed by atoms with E-state index < -0.39 is 0 Å². The molecule has 0 amide bonds. The van der Waals surface area contributed by atoms with Crippen LogP contribution in [0.4, 0.5) is 0 Å². The van der Waals surface area contributed by atoms with Crippen LogP contribution in [0, 0.1) is 0 Å². The van der Waals surface area contributed by atoms with E-state index in [0.29, 0.717) is 11.7 Å². The van der Waals surface area contributed by atoms with E-state index in [4.69, 9.17) is 0 Å². The normalized spacial score (nSPS) is 18.3. The van der Waals surface area contributed by atoms with E-state index in [0.717, 1.165) is 38.6 Å². The summed E-state index contributed by atoms with van der Waals surface area (Å²) in [5.41, 5.74) is 1.32. The summed E-state index contributed by atoms with van der Waals surface area (Å²) in [6.07, 6.45) is 6.51. The first-order valence-corrected chi connectivity index (χ1v) is 5.84. The average Bonchev–Trinajstić information content (AvgIpc) is 2.68. The second-order valence-corrected chi connectivity index (χ2v) is 4.29. The van der Waals surface area contributed by atoms with Crippen molar-refractivity contribution in [1.29, 1.82) is 0 Å². The molecule has 1 aliphatic carbocycles. The Bertz CT molecular complexity index is 333. The van der Waals surface area contributed by atoms with Crippen molar-refractivity contribution in [1.82, 2.24) is 9.78 Å². The van der Waals surface area contributed by atoms with Crippen LogP contribution in [-0.4, -0.2) is 15.6 Å². The van der Waals surface area contributed by atoms with Crippen molar-refractivity contribution in [2.45, 2.75) is 51.5 Å². The molecule has 1 aromatic rings. The fourth-order valence-corrected chi connectivity index (χ4v) is 2.32. The lowest BCUT2D eigenvalue weighted by molar-refractivity contribution is -0.120. The Morgan fingerprint density at radius 3 is 2.87 bits per heavy atom. The van der Waals surface area contributed by atoms with E-state index in [-0.39, 0.29) is 0 Å². The lowest BCUT2D eigenvalue weighted by Gasteiger charge is -2.21. The molecule has 2 rings (SSSR count). The summed E-state index contributed by atoms with van der Waals surface area (Å²) in [6, 6.07) is 2.11. The number of rotatable bonds is 3. The number of ketones is 1. The molecule has 82 valence electrons. The molecule has 0 aliphatic heterocycles. The fourth-order valence-electron chi connectivity index (χ4n) is 2.32. The van der Waals surface area contributed by atoms with Gasteiger partial charge in [-0.3, -0.25) is 9.48 Å². The van der Waals surface area contributed by atoms with Gasteiger partial charge in [0.15, 0.2) is 0 Å². The Morgan fingerprint density at radius 1 is 1.47 bits per heavy atom. The molecular formula is C12H18N2O. The number of hydrogen-bond acceptors (Lipinski definition) is 2. The number of Topliss-reactive ketones (excluding diaryl/α,β-unsaturated/α-hetero) is 1. The minimum absolute atomic E-state index is 0.424. The fraction of sp³-hybridized carbons (Fsp3) is 0.667. The summed E-state index contributed by atoms with van der Waals surface area (Å²) in [7, 11) is 0. The molecule has 0 bridgehead atoms. The zero-order valence-corrected chi connectivity index (χ0v) is 9.28. The number of aromatic nitrogens is 2. The molecular weight excluding hydrogens is 188 g/mol. The minimum Gasteiger partial charge on any atom is -0.300 e. The summed E-state index contributed by atoms with van der Waals surface area (Å²) in [4.78, 5) is 11.2. The van der Waals surface area contributed by atoms with Crippen LogP contribution < -0.4 is 0 Å². The van der Waals surface area contributed by atoms with Gasteiger partial charge in [0.1, 0.15) is 5.78 Å². The Labute approximate surface area is 90.5 Å². The molecule has 1 aromatic heterocycles. The number of carbonyl (C=O) groups is 1. The maximum Gasteiger partial charge on any atom is 0.132 e. The molecule has 1 heterocycles. The maximum absolute atomic E-state index is 11.2. The number of hydrogen-bond donors (Lipinski definition) is 0. The summed E-state index contributed by atoms with van der Waals surface area (Å²) in [6.45, 7) is 3.16. The van der Waals surface area contributed by atoms with Gasteiger partial charge in [-0.05, 0) is 25.3 Å². The second kappa shape index (κ2) is 4.60. The molecule has 1 fully saturated rings. The largest absolute Gasteiger partial charge is 0.300 e. The van der Waals surface area contributed by atoms with Crippen LogP contribution in [0.1, 0.15) is 50.6 Å².